The molecular weight excluding hydrogens is 432 g/mol. The van der Waals surface area contributed by atoms with Crippen molar-refractivity contribution in [3.05, 3.63) is 90.4 Å². The number of ether oxygens (including phenoxy) is 3. The van der Waals surface area contributed by atoms with E-state index in [1.807, 2.05) is 84.3 Å². The third-order valence-electron chi connectivity index (χ3n) is 4.85. The van der Waals surface area contributed by atoms with E-state index in [9.17, 15) is 4.79 Å². The molecule has 2 aromatic carbocycles. The van der Waals surface area contributed by atoms with E-state index in [2.05, 4.69) is 15.5 Å². The zero-order valence-corrected chi connectivity index (χ0v) is 18.9. The van der Waals surface area contributed by atoms with Gasteiger partial charge in [-0.05, 0) is 55.0 Å². The first kappa shape index (κ1) is 22.8. The Bertz CT molecular complexity index is 1250. The van der Waals surface area contributed by atoms with Crippen molar-refractivity contribution in [2.45, 2.75) is 13.5 Å². The average molecular weight is 459 g/mol. The molecule has 174 valence electrons. The molecule has 0 aliphatic rings. The Balaban J connectivity index is 1.31. The van der Waals surface area contributed by atoms with E-state index in [1.54, 1.807) is 6.08 Å². The molecule has 8 heteroatoms. The number of hydrogen-bond donors (Lipinski definition) is 1. The van der Waals surface area contributed by atoms with Crippen LogP contribution in [0.15, 0.2) is 79.0 Å². The summed E-state index contributed by atoms with van der Waals surface area (Å²) in [6.07, 6.45) is 5.06. The third kappa shape index (κ3) is 6.13. The van der Waals surface area contributed by atoms with Crippen molar-refractivity contribution >= 4 is 17.6 Å². The van der Waals surface area contributed by atoms with E-state index in [0.29, 0.717) is 37.1 Å². The van der Waals surface area contributed by atoms with Crippen LogP contribution >= 0.6 is 0 Å². The van der Waals surface area contributed by atoms with Crippen LogP contribution in [-0.2, 0) is 11.3 Å². The number of hydrogen-bond acceptors (Lipinski definition) is 6. The molecule has 2 heterocycles. The highest BCUT2D eigenvalue weighted by atomic mass is 16.5. The lowest BCUT2D eigenvalue weighted by Gasteiger charge is -2.13. The Morgan fingerprint density at radius 3 is 2.62 bits per heavy atom. The highest BCUT2D eigenvalue weighted by molar-refractivity contribution is 5.91. The maximum absolute atomic E-state index is 12.3. The summed E-state index contributed by atoms with van der Waals surface area (Å²) in [4.78, 5) is 12.3. The minimum absolute atomic E-state index is 0.232. The van der Waals surface area contributed by atoms with Gasteiger partial charge in [-0.2, -0.15) is 0 Å². The van der Waals surface area contributed by atoms with Crippen LogP contribution in [0.3, 0.4) is 0 Å². The number of amides is 1. The van der Waals surface area contributed by atoms with Crippen molar-refractivity contribution in [2.75, 3.05) is 19.8 Å². The van der Waals surface area contributed by atoms with Crippen molar-refractivity contribution < 1.29 is 19.0 Å². The Kier molecular flexibility index (Phi) is 7.74. The van der Waals surface area contributed by atoms with Crippen molar-refractivity contribution in [3.8, 4) is 17.2 Å². The van der Waals surface area contributed by atoms with Gasteiger partial charge in [0.25, 0.3) is 0 Å². The molecule has 0 unspecified atom stereocenters. The fourth-order valence-corrected chi connectivity index (χ4v) is 3.25. The van der Waals surface area contributed by atoms with E-state index >= 15 is 0 Å². The molecule has 4 rings (SSSR count). The predicted octanol–water partition coefficient (Wildman–Crippen LogP) is 3.92. The SMILES string of the molecule is CCOc1cc(/C=C/C(=O)NCc2nnc3ccccn23)ccc1OCCOc1ccccc1. The maximum Gasteiger partial charge on any atom is 0.244 e. The van der Waals surface area contributed by atoms with Crippen LogP contribution in [0.4, 0.5) is 0 Å². The number of pyridine rings is 1. The zero-order valence-electron chi connectivity index (χ0n) is 18.9. The molecule has 0 saturated carbocycles. The van der Waals surface area contributed by atoms with Gasteiger partial charge in [0.15, 0.2) is 23.0 Å². The van der Waals surface area contributed by atoms with Gasteiger partial charge >= 0.3 is 0 Å². The van der Waals surface area contributed by atoms with E-state index in [4.69, 9.17) is 14.2 Å². The van der Waals surface area contributed by atoms with Gasteiger partial charge < -0.3 is 19.5 Å². The lowest BCUT2D eigenvalue weighted by atomic mass is 10.2. The van der Waals surface area contributed by atoms with Crippen LogP contribution in [0.25, 0.3) is 11.7 Å². The summed E-state index contributed by atoms with van der Waals surface area (Å²) in [5, 5.41) is 11.0. The van der Waals surface area contributed by atoms with Crippen LogP contribution in [0, 0.1) is 0 Å². The quantitative estimate of drug-likeness (QED) is 0.271. The third-order valence-corrected chi connectivity index (χ3v) is 4.85. The highest BCUT2D eigenvalue weighted by Gasteiger charge is 2.08. The van der Waals surface area contributed by atoms with Gasteiger partial charge in [0, 0.05) is 12.3 Å². The molecule has 1 amide bonds. The molecule has 0 atom stereocenters. The largest absolute Gasteiger partial charge is 0.490 e. The number of carbonyl (C=O) groups is 1. The summed E-state index contributed by atoms with van der Waals surface area (Å²) < 4.78 is 19.1. The number of rotatable bonds is 11. The van der Waals surface area contributed by atoms with E-state index in [1.165, 1.54) is 6.08 Å². The molecule has 0 saturated heterocycles. The molecule has 2 aromatic heterocycles. The normalized spacial score (nSPS) is 11.0. The van der Waals surface area contributed by atoms with E-state index < -0.39 is 0 Å². The molecule has 8 nitrogen and oxygen atoms in total. The van der Waals surface area contributed by atoms with Crippen LogP contribution in [0.1, 0.15) is 18.3 Å². The van der Waals surface area contributed by atoms with Crippen molar-refractivity contribution in [2.24, 2.45) is 0 Å². The number of para-hydroxylation sites is 1. The number of fused-ring (bicyclic) bond motifs is 1. The van der Waals surface area contributed by atoms with Gasteiger partial charge in [-0.3, -0.25) is 9.20 Å². The molecular formula is C26H26N4O4. The molecule has 4 aromatic rings. The van der Waals surface area contributed by atoms with E-state index in [0.717, 1.165) is 17.0 Å². The summed E-state index contributed by atoms with van der Waals surface area (Å²) in [6.45, 7) is 3.47. The van der Waals surface area contributed by atoms with Gasteiger partial charge in [0.05, 0.1) is 13.2 Å². The topological polar surface area (TPSA) is 87.0 Å². The molecule has 0 fully saturated rings. The molecule has 0 spiro atoms. The average Bonchev–Trinajstić information content (AvgIpc) is 3.29. The van der Waals surface area contributed by atoms with Crippen molar-refractivity contribution in [1.82, 2.24) is 19.9 Å². The highest BCUT2D eigenvalue weighted by Crippen LogP contribution is 2.29. The number of aromatic nitrogens is 3. The summed E-state index contributed by atoms with van der Waals surface area (Å²) in [7, 11) is 0. The minimum atomic E-state index is -0.232. The summed E-state index contributed by atoms with van der Waals surface area (Å²) >= 11 is 0. The lowest BCUT2D eigenvalue weighted by molar-refractivity contribution is -0.116. The summed E-state index contributed by atoms with van der Waals surface area (Å²) in [5.74, 6) is 2.46. The molecule has 0 radical (unpaired) electrons. The second-order valence-corrected chi connectivity index (χ2v) is 7.25. The van der Waals surface area contributed by atoms with Crippen LogP contribution < -0.4 is 19.5 Å². The van der Waals surface area contributed by atoms with Gasteiger partial charge in [-0.25, -0.2) is 0 Å². The number of carbonyl (C=O) groups excluding carboxylic acids is 1. The molecule has 0 aliphatic heterocycles. The fraction of sp³-hybridized carbons (Fsp3) is 0.192. The van der Waals surface area contributed by atoms with Crippen molar-refractivity contribution in [1.29, 1.82) is 0 Å². The Morgan fingerprint density at radius 2 is 1.76 bits per heavy atom. The van der Waals surface area contributed by atoms with Gasteiger partial charge in [0.1, 0.15) is 19.0 Å². The van der Waals surface area contributed by atoms with Gasteiger partial charge in [-0.1, -0.05) is 30.3 Å². The van der Waals surface area contributed by atoms with Gasteiger partial charge in [0.2, 0.25) is 5.91 Å². The second-order valence-electron chi connectivity index (χ2n) is 7.25. The first-order chi connectivity index (χ1) is 16.7. The maximum atomic E-state index is 12.3. The number of benzene rings is 2. The van der Waals surface area contributed by atoms with Gasteiger partial charge in [-0.15, -0.1) is 10.2 Å². The first-order valence-corrected chi connectivity index (χ1v) is 11.0. The first-order valence-electron chi connectivity index (χ1n) is 11.0. The smallest absolute Gasteiger partial charge is 0.244 e. The predicted molar refractivity (Wildman–Crippen MR) is 129 cm³/mol. The Morgan fingerprint density at radius 1 is 0.941 bits per heavy atom. The zero-order chi connectivity index (χ0) is 23.6. The van der Waals surface area contributed by atoms with Crippen LogP contribution in [0.2, 0.25) is 0 Å². The lowest BCUT2D eigenvalue weighted by Crippen LogP contribution is -2.21. The molecule has 1 N–H and O–H groups in total. The number of nitrogens with one attached hydrogen (secondary N) is 1. The fourth-order valence-electron chi connectivity index (χ4n) is 3.25. The van der Waals surface area contributed by atoms with Crippen LogP contribution in [0.5, 0.6) is 17.2 Å². The molecule has 0 bridgehead atoms. The summed E-state index contributed by atoms with van der Waals surface area (Å²) in [6, 6.07) is 20.8. The van der Waals surface area contributed by atoms with Crippen molar-refractivity contribution in [3.63, 3.8) is 0 Å². The Hall–Kier alpha value is -4.33. The Labute approximate surface area is 197 Å². The second kappa shape index (κ2) is 11.5. The minimum Gasteiger partial charge on any atom is -0.490 e. The monoisotopic (exact) mass is 458 g/mol. The molecule has 0 aliphatic carbocycles. The van der Waals surface area contributed by atoms with Crippen LogP contribution in [-0.4, -0.2) is 40.3 Å². The van der Waals surface area contributed by atoms with E-state index in [-0.39, 0.29) is 12.5 Å². The summed E-state index contributed by atoms with van der Waals surface area (Å²) in [5.41, 5.74) is 1.55. The number of nitrogens with zero attached hydrogens (tertiary/aromatic N) is 3. The standard InChI is InChI=1S/C26H26N4O4/c1-2-32-23-18-20(11-13-22(23)34-17-16-33-21-8-4-3-5-9-21)12-14-26(31)27-19-25-29-28-24-10-6-7-15-30(24)25/h3-15,18H,2,16-17,19H2,1H3,(H,27,31)/b14-12+. The molecule has 34 heavy (non-hydrogen) atoms.